The Bertz CT molecular complexity index is 972. The molecule has 1 aromatic rings. The van der Waals surface area contributed by atoms with Crippen LogP contribution in [-0.4, -0.2) is 60.9 Å². The monoisotopic (exact) mass is 480 g/mol. The van der Waals surface area contributed by atoms with Gasteiger partial charge >= 0.3 is 13.2 Å². The predicted octanol–water partition coefficient (Wildman–Crippen LogP) is 3.77. The summed E-state index contributed by atoms with van der Waals surface area (Å²) in [6.45, 7) is 11.5. The van der Waals surface area contributed by atoms with Crippen molar-refractivity contribution in [1.82, 2.24) is 10.2 Å². The fourth-order valence-corrected chi connectivity index (χ4v) is 6.85. The Morgan fingerprint density at radius 3 is 2.77 bits per heavy atom. The van der Waals surface area contributed by atoms with Crippen LogP contribution in [0.3, 0.4) is 0 Å². The van der Waals surface area contributed by atoms with Crippen molar-refractivity contribution >= 4 is 19.1 Å². The summed E-state index contributed by atoms with van der Waals surface area (Å²) in [6.07, 6.45) is 4.77. The molecule has 3 aliphatic carbocycles. The standard InChI is InChI=1S/C27H37BN2O5/c1-5-24(31)30-13-9-12-20(17-30)33-25(32)29-23(14-18-10-7-6-8-11-18)28-34-22-16-19-15-21(26(19,2)3)27(22,4)35-28/h5-8,10-11,19-23H,1,9,12-17H2,2-4H3,(H,29,32)/t19-,20-,21-,22+,23-,27-/m0/s1. The fourth-order valence-electron chi connectivity index (χ4n) is 6.85. The van der Waals surface area contributed by atoms with Gasteiger partial charge in [-0.2, -0.15) is 0 Å². The van der Waals surface area contributed by atoms with Crippen LogP contribution in [0.5, 0.6) is 0 Å². The number of rotatable bonds is 6. The average Bonchev–Trinajstić information content (AvgIpc) is 3.21. The molecular weight excluding hydrogens is 443 g/mol. The first-order valence-electron chi connectivity index (χ1n) is 13.0. The zero-order valence-corrected chi connectivity index (χ0v) is 21.1. The first-order chi connectivity index (χ1) is 16.7. The summed E-state index contributed by atoms with van der Waals surface area (Å²) in [5, 5.41) is 3.05. The molecule has 0 aromatic heterocycles. The molecule has 0 radical (unpaired) electrons. The minimum atomic E-state index is -0.543. The molecular formula is C27H37BN2O5. The van der Waals surface area contributed by atoms with Gasteiger partial charge in [0, 0.05) is 6.54 Å². The molecule has 0 unspecified atom stereocenters. The maximum Gasteiger partial charge on any atom is 0.482 e. The number of ether oxygens (including phenoxy) is 1. The predicted molar refractivity (Wildman–Crippen MR) is 133 cm³/mol. The van der Waals surface area contributed by atoms with Crippen LogP contribution < -0.4 is 5.32 Å². The summed E-state index contributed by atoms with van der Waals surface area (Å²) in [5.41, 5.74) is 0.994. The second-order valence-electron chi connectivity index (χ2n) is 11.4. The van der Waals surface area contributed by atoms with E-state index in [0.717, 1.165) is 24.8 Å². The number of hydrogen-bond donors (Lipinski definition) is 1. The first kappa shape index (κ1) is 24.4. The number of carbonyl (C=O) groups excluding carboxylic acids is 2. The van der Waals surface area contributed by atoms with Gasteiger partial charge in [0.15, 0.2) is 0 Å². The highest BCUT2D eigenvalue weighted by molar-refractivity contribution is 6.47. The van der Waals surface area contributed by atoms with E-state index in [-0.39, 0.29) is 35.1 Å². The molecule has 6 rings (SSSR count). The molecule has 2 bridgehead atoms. The van der Waals surface area contributed by atoms with Gasteiger partial charge in [-0.15, -0.1) is 0 Å². The summed E-state index contributed by atoms with van der Waals surface area (Å²) < 4.78 is 18.9. The summed E-state index contributed by atoms with van der Waals surface area (Å²) in [6, 6.07) is 10.1. The smallest absolute Gasteiger partial charge is 0.444 e. The van der Waals surface area contributed by atoms with Crippen molar-refractivity contribution in [1.29, 1.82) is 0 Å². The van der Waals surface area contributed by atoms with Crippen LogP contribution in [0.2, 0.25) is 0 Å². The molecule has 35 heavy (non-hydrogen) atoms. The summed E-state index contributed by atoms with van der Waals surface area (Å²) in [7, 11) is -0.543. The maximum atomic E-state index is 13.0. The third-order valence-electron chi connectivity index (χ3n) is 9.04. The molecule has 7 nitrogen and oxygen atoms in total. The van der Waals surface area contributed by atoms with E-state index in [0.29, 0.717) is 31.3 Å². The number of hydrogen-bond acceptors (Lipinski definition) is 5. The van der Waals surface area contributed by atoms with Crippen molar-refractivity contribution in [3.05, 3.63) is 48.6 Å². The molecule has 3 saturated carbocycles. The molecule has 6 atom stereocenters. The van der Waals surface area contributed by atoms with Crippen molar-refractivity contribution < 1.29 is 23.6 Å². The maximum absolute atomic E-state index is 13.0. The quantitative estimate of drug-likeness (QED) is 0.496. The average molecular weight is 480 g/mol. The van der Waals surface area contributed by atoms with Gasteiger partial charge in [-0.3, -0.25) is 4.79 Å². The normalized spacial score (nSPS) is 33.8. The minimum Gasteiger partial charge on any atom is -0.444 e. The first-order valence-corrected chi connectivity index (χ1v) is 13.0. The molecule has 5 aliphatic rings. The number of piperidine rings is 1. The minimum absolute atomic E-state index is 0.0391. The van der Waals surface area contributed by atoms with Crippen LogP contribution in [0.4, 0.5) is 4.79 Å². The van der Waals surface area contributed by atoms with Gasteiger partial charge in [-0.1, -0.05) is 50.8 Å². The zero-order chi connectivity index (χ0) is 24.8. The molecule has 2 aliphatic heterocycles. The lowest BCUT2D eigenvalue weighted by atomic mass is 9.43. The molecule has 2 saturated heterocycles. The Labute approximate surface area is 208 Å². The molecule has 5 fully saturated rings. The van der Waals surface area contributed by atoms with Gasteiger partial charge in [0.05, 0.1) is 24.2 Å². The van der Waals surface area contributed by atoms with Crippen molar-refractivity contribution in [2.75, 3.05) is 13.1 Å². The Kier molecular flexibility index (Phi) is 6.47. The van der Waals surface area contributed by atoms with E-state index in [1.54, 1.807) is 4.90 Å². The Morgan fingerprint density at radius 1 is 1.29 bits per heavy atom. The SMILES string of the molecule is C=CC(=O)N1CCC[C@H](OC(=O)N[C@@H](Cc2ccccc2)B2O[C@@H]3C[C@@H]4C[C@@H](C4(C)C)[C@]3(C)O2)C1. The highest BCUT2D eigenvalue weighted by atomic mass is 16.7. The van der Waals surface area contributed by atoms with Gasteiger partial charge in [0.2, 0.25) is 5.91 Å². The zero-order valence-electron chi connectivity index (χ0n) is 21.1. The lowest BCUT2D eigenvalue weighted by Gasteiger charge is -2.64. The second-order valence-corrected chi connectivity index (χ2v) is 11.4. The summed E-state index contributed by atoms with van der Waals surface area (Å²) in [4.78, 5) is 26.7. The lowest BCUT2D eigenvalue weighted by molar-refractivity contribution is -0.199. The third kappa shape index (κ3) is 4.51. The molecule has 2 amide bonds. The van der Waals surface area contributed by atoms with Crippen LogP contribution >= 0.6 is 0 Å². The van der Waals surface area contributed by atoms with Crippen molar-refractivity contribution in [3.8, 4) is 0 Å². The van der Waals surface area contributed by atoms with Crippen molar-refractivity contribution in [3.63, 3.8) is 0 Å². The van der Waals surface area contributed by atoms with Crippen molar-refractivity contribution in [2.45, 2.75) is 76.6 Å². The van der Waals surface area contributed by atoms with E-state index >= 15 is 0 Å². The van der Waals surface area contributed by atoms with E-state index in [2.05, 4.69) is 32.7 Å². The summed E-state index contributed by atoms with van der Waals surface area (Å²) >= 11 is 0. The van der Waals surface area contributed by atoms with Gasteiger partial charge in [-0.25, -0.2) is 4.79 Å². The topological polar surface area (TPSA) is 77.1 Å². The Balaban J connectivity index is 1.28. The number of nitrogens with one attached hydrogen (secondary N) is 1. The lowest BCUT2D eigenvalue weighted by Crippen LogP contribution is -2.65. The van der Waals surface area contributed by atoms with E-state index in [4.69, 9.17) is 14.0 Å². The number of benzene rings is 1. The molecule has 8 heteroatoms. The third-order valence-corrected chi connectivity index (χ3v) is 9.04. The molecule has 188 valence electrons. The van der Waals surface area contributed by atoms with Crippen LogP contribution in [0.1, 0.15) is 52.0 Å². The number of carbonyl (C=O) groups is 2. The van der Waals surface area contributed by atoms with E-state index in [1.807, 2.05) is 30.3 Å². The van der Waals surface area contributed by atoms with Crippen LogP contribution in [0.15, 0.2) is 43.0 Å². The van der Waals surface area contributed by atoms with E-state index in [9.17, 15) is 9.59 Å². The Hall–Kier alpha value is -2.32. The number of amides is 2. The van der Waals surface area contributed by atoms with Gasteiger partial charge in [0.25, 0.3) is 0 Å². The molecule has 0 spiro atoms. The number of likely N-dealkylation sites (tertiary alicyclic amines) is 1. The highest BCUT2D eigenvalue weighted by Gasteiger charge is 2.68. The molecule has 1 N–H and O–H groups in total. The number of alkyl carbamates (subject to hydrolysis) is 1. The highest BCUT2D eigenvalue weighted by Crippen LogP contribution is 2.65. The van der Waals surface area contributed by atoms with Gasteiger partial charge in [-0.05, 0) is 67.9 Å². The fraction of sp³-hybridized carbons (Fsp3) is 0.630. The molecule has 1 aromatic carbocycles. The second kappa shape index (κ2) is 9.28. The van der Waals surface area contributed by atoms with Crippen LogP contribution in [0.25, 0.3) is 0 Å². The number of nitrogens with zero attached hydrogens (tertiary/aromatic N) is 1. The largest absolute Gasteiger partial charge is 0.482 e. The van der Waals surface area contributed by atoms with Gasteiger partial charge < -0.3 is 24.3 Å². The van der Waals surface area contributed by atoms with Crippen LogP contribution in [0, 0.1) is 17.3 Å². The van der Waals surface area contributed by atoms with Crippen LogP contribution in [-0.2, 0) is 25.3 Å². The molecule has 2 heterocycles. The summed E-state index contributed by atoms with van der Waals surface area (Å²) in [5.74, 6) is 0.586. The van der Waals surface area contributed by atoms with Gasteiger partial charge in [0.1, 0.15) is 6.10 Å². The van der Waals surface area contributed by atoms with E-state index < -0.39 is 13.2 Å². The van der Waals surface area contributed by atoms with Crippen molar-refractivity contribution in [2.24, 2.45) is 17.3 Å². The Morgan fingerprint density at radius 2 is 2.06 bits per heavy atom. The van der Waals surface area contributed by atoms with E-state index in [1.165, 1.54) is 12.5 Å².